The molecule has 0 radical (unpaired) electrons. The molecule has 6 N–H and O–H groups in total. The van der Waals surface area contributed by atoms with E-state index in [1.807, 2.05) is 36.4 Å². The number of nitrogens with two attached hydrogens (primary N) is 2. The number of aryl methyl sites for hydroxylation is 4. The predicted octanol–water partition coefficient (Wildman–Crippen LogP) is 8.40. The molecule has 64 heavy (non-hydrogen) atoms. The molecular weight excluding hydrogens is 805 g/mol. The van der Waals surface area contributed by atoms with Crippen molar-refractivity contribution in [1.82, 2.24) is 39.7 Å². The summed E-state index contributed by atoms with van der Waals surface area (Å²) in [5, 5.41) is 36.5. The van der Waals surface area contributed by atoms with E-state index in [9.17, 15) is 20.1 Å². The molecule has 0 saturated heterocycles. The minimum atomic E-state index is -1.32. The Morgan fingerprint density at radius 1 is 0.641 bits per heavy atom. The van der Waals surface area contributed by atoms with Gasteiger partial charge in [0, 0.05) is 62.6 Å². The fourth-order valence-electron chi connectivity index (χ4n) is 7.96. The Labute approximate surface area is 374 Å². The Balaban J connectivity index is 0.934. The van der Waals surface area contributed by atoms with E-state index < -0.39 is 11.1 Å². The summed E-state index contributed by atoms with van der Waals surface area (Å²) in [6.45, 7) is 9.92. The predicted molar refractivity (Wildman–Crippen MR) is 252 cm³/mol. The third-order valence-corrected chi connectivity index (χ3v) is 11.8. The van der Waals surface area contributed by atoms with Crippen LogP contribution in [0.5, 0.6) is 0 Å². The first-order valence-electron chi connectivity index (χ1n) is 22.8. The van der Waals surface area contributed by atoms with Crippen LogP contribution < -0.4 is 22.1 Å². The van der Waals surface area contributed by atoms with Gasteiger partial charge in [-0.05, 0) is 77.3 Å². The van der Waals surface area contributed by atoms with Crippen molar-refractivity contribution in [3.05, 3.63) is 60.2 Å². The number of anilines is 2. The van der Waals surface area contributed by atoms with Gasteiger partial charge in [0.25, 0.3) is 0 Å². The number of nitrogens with zero attached hydrogens (tertiary/aromatic N) is 10. The van der Waals surface area contributed by atoms with Gasteiger partial charge in [-0.2, -0.15) is 20.8 Å². The number of fused-ring (bicyclic) bond motifs is 6. The lowest BCUT2D eigenvalue weighted by atomic mass is 9.97. The van der Waals surface area contributed by atoms with Crippen LogP contribution in [0.15, 0.2) is 58.8 Å². The first kappa shape index (κ1) is 46.8. The standard InChI is InChI=1S/C48H62N14O2/c1-5-7-21-37-57-41-43(33-17-9-11-19-35(33)55-45(41)51)61(37)29-15-13-27-53-39(63)23-25-47(3,31-49)59-60-48(4,32-50)26-24-40(64)54-28-14-16-30-62-38(22-8-6-2)58-42-44(62)34-18-10-12-20-36(34)56-46(42)52/h9-12,17-20H,5-8,13-16,21-30H2,1-4H3,(H2,51,55)(H2,52,56)(H,53,63)(H,54,64)/b60-59+. The number of carbonyl (C=O) groups is 2. The number of carbonyl (C=O) groups excluding carboxylic acids is 2. The van der Waals surface area contributed by atoms with Gasteiger partial charge in [0.1, 0.15) is 22.7 Å². The van der Waals surface area contributed by atoms with Crippen molar-refractivity contribution in [2.24, 2.45) is 10.2 Å². The van der Waals surface area contributed by atoms with Crippen molar-refractivity contribution < 1.29 is 9.59 Å². The normalized spacial score (nSPS) is 13.6. The molecule has 0 fully saturated rings. The van der Waals surface area contributed by atoms with Gasteiger partial charge < -0.3 is 31.2 Å². The SMILES string of the molecule is CCCCc1nc2c(N)nc3ccccc3c2n1CCCCNC(=O)CCC(C)(C#N)/N=N/C(C)(C#N)CCC(=O)NCCCCn1c(CCCC)nc2c(N)nc3ccccc3c21. The first-order chi connectivity index (χ1) is 30.9. The Hall–Kier alpha value is -6.68. The number of hydrogen-bond donors (Lipinski definition) is 4. The van der Waals surface area contributed by atoms with E-state index in [1.54, 1.807) is 13.8 Å². The maximum Gasteiger partial charge on any atom is 0.220 e. The number of azo groups is 1. The number of hydrogen-bond acceptors (Lipinski definition) is 12. The second kappa shape index (κ2) is 21.6. The topological polar surface area (TPSA) is 244 Å². The number of amides is 2. The van der Waals surface area contributed by atoms with Crippen LogP contribution in [-0.4, -0.2) is 65.1 Å². The van der Waals surface area contributed by atoms with Crippen molar-refractivity contribution in [3.8, 4) is 12.1 Å². The van der Waals surface area contributed by atoms with E-state index in [-0.39, 0.29) is 37.5 Å². The smallest absolute Gasteiger partial charge is 0.220 e. The summed E-state index contributed by atoms with van der Waals surface area (Å²) in [6, 6.07) is 20.2. The minimum absolute atomic E-state index is 0.0688. The molecule has 0 aliphatic heterocycles. The van der Waals surface area contributed by atoms with E-state index in [2.05, 4.69) is 78.1 Å². The number of nitrogen functional groups attached to an aromatic ring is 2. The average molecular weight is 867 g/mol. The van der Waals surface area contributed by atoms with Crippen molar-refractivity contribution >= 4 is 67.3 Å². The van der Waals surface area contributed by atoms with Crippen molar-refractivity contribution in [3.63, 3.8) is 0 Å². The summed E-state index contributed by atoms with van der Waals surface area (Å²) in [6.07, 6.45) is 9.32. The second-order valence-corrected chi connectivity index (χ2v) is 17.1. The van der Waals surface area contributed by atoms with Gasteiger partial charge in [-0.25, -0.2) is 19.9 Å². The Bertz CT molecular complexity index is 2520. The molecule has 2 atom stereocenters. The van der Waals surface area contributed by atoms with Gasteiger partial charge in [0.15, 0.2) is 22.7 Å². The molecule has 6 rings (SSSR count). The van der Waals surface area contributed by atoms with Gasteiger partial charge >= 0.3 is 0 Å². The van der Waals surface area contributed by atoms with E-state index in [0.29, 0.717) is 24.7 Å². The van der Waals surface area contributed by atoms with Crippen LogP contribution in [0.3, 0.4) is 0 Å². The second-order valence-electron chi connectivity index (χ2n) is 17.1. The maximum absolute atomic E-state index is 12.9. The zero-order valence-electron chi connectivity index (χ0n) is 37.8. The molecule has 16 heteroatoms. The minimum Gasteiger partial charge on any atom is -0.382 e. The molecule has 2 aromatic carbocycles. The van der Waals surface area contributed by atoms with Crippen molar-refractivity contribution in [2.45, 2.75) is 142 Å². The number of rotatable bonds is 24. The maximum atomic E-state index is 12.9. The molecule has 4 aromatic heterocycles. The van der Waals surface area contributed by atoms with Crippen LogP contribution in [0.4, 0.5) is 11.6 Å². The monoisotopic (exact) mass is 867 g/mol. The lowest BCUT2D eigenvalue weighted by Crippen LogP contribution is -2.30. The van der Waals surface area contributed by atoms with Crippen LogP contribution in [0.1, 0.15) is 116 Å². The Morgan fingerprint density at radius 3 is 1.44 bits per heavy atom. The summed E-state index contributed by atoms with van der Waals surface area (Å²) in [4.78, 5) is 44.7. The molecule has 336 valence electrons. The van der Waals surface area contributed by atoms with Crippen LogP contribution in [0, 0.1) is 22.7 Å². The summed E-state index contributed by atoms with van der Waals surface area (Å²) >= 11 is 0. The third-order valence-electron chi connectivity index (χ3n) is 11.8. The number of unbranched alkanes of at least 4 members (excludes halogenated alkanes) is 4. The zero-order chi connectivity index (χ0) is 45.7. The average Bonchev–Trinajstić information content (AvgIpc) is 3.87. The Kier molecular flexibility index (Phi) is 15.8. The molecule has 0 spiro atoms. The van der Waals surface area contributed by atoms with E-state index in [0.717, 1.165) is 133 Å². The number of pyridine rings is 2. The number of nitrogens with one attached hydrogen (secondary N) is 2. The molecule has 0 aliphatic rings. The lowest BCUT2D eigenvalue weighted by molar-refractivity contribution is -0.122. The van der Waals surface area contributed by atoms with Crippen LogP contribution in [0.25, 0.3) is 43.9 Å². The van der Waals surface area contributed by atoms with Crippen LogP contribution in [0.2, 0.25) is 0 Å². The molecule has 0 aliphatic carbocycles. The highest BCUT2D eigenvalue weighted by atomic mass is 16.2. The molecule has 2 amide bonds. The van der Waals surface area contributed by atoms with E-state index in [1.165, 1.54) is 0 Å². The highest BCUT2D eigenvalue weighted by molar-refractivity contribution is 6.07. The molecule has 2 unspecified atom stereocenters. The van der Waals surface area contributed by atoms with Gasteiger partial charge in [-0.1, -0.05) is 63.1 Å². The van der Waals surface area contributed by atoms with E-state index in [4.69, 9.17) is 21.4 Å². The summed E-state index contributed by atoms with van der Waals surface area (Å²) in [5.74, 6) is 2.45. The highest BCUT2D eigenvalue weighted by Crippen LogP contribution is 2.31. The number of nitriles is 2. The highest BCUT2D eigenvalue weighted by Gasteiger charge is 2.30. The third kappa shape index (κ3) is 11.3. The van der Waals surface area contributed by atoms with Gasteiger partial charge in [-0.3, -0.25) is 9.59 Å². The number of benzene rings is 2. The zero-order valence-corrected chi connectivity index (χ0v) is 37.8. The number of para-hydroxylation sites is 2. The van der Waals surface area contributed by atoms with Crippen LogP contribution in [-0.2, 0) is 35.5 Å². The largest absolute Gasteiger partial charge is 0.382 e. The summed E-state index contributed by atoms with van der Waals surface area (Å²) < 4.78 is 4.51. The molecule has 4 heterocycles. The van der Waals surface area contributed by atoms with Gasteiger partial charge in [-0.15, -0.1) is 0 Å². The Morgan fingerprint density at radius 2 is 1.05 bits per heavy atom. The van der Waals surface area contributed by atoms with Crippen LogP contribution >= 0.6 is 0 Å². The fourth-order valence-corrected chi connectivity index (χ4v) is 7.96. The summed E-state index contributed by atoms with van der Waals surface area (Å²) in [7, 11) is 0. The van der Waals surface area contributed by atoms with Gasteiger partial charge in [0.05, 0.1) is 34.2 Å². The molecule has 16 nitrogen and oxygen atoms in total. The molecule has 6 aromatic rings. The first-order valence-corrected chi connectivity index (χ1v) is 22.8. The quantitative estimate of drug-likeness (QED) is 0.0334. The van der Waals surface area contributed by atoms with Crippen molar-refractivity contribution in [2.75, 3.05) is 24.6 Å². The fraction of sp³-hybridized carbons (Fsp3) is 0.500. The van der Waals surface area contributed by atoms with E-state index >= 15 is 0 Å². The summed E-state index contributed by atoms with van der Waals surface area (Å²) in [5.41, 5.74) is 15.2. The van der Waals surface area contributed by atoms with Gasteiger partial charge in [0.2, 0.25) is 11.8 Å². The molecular formula is C48H62N14O2. The number of aromatic nitrogens is 6. The number of imidazole rings is 2. The molecule has 0 bridgehead atoms. The molecule has 0 saturated carbocycles. The lowest BCUT2D eigenvalue weighted by Gasteiger charge is -2.19. The van der Waals surface area contributed by atoms with Crippen molar-refractivity contribution in [1.29, 1.82) is 10.5 Å².